The Balaban J connectivity index is 1.69. The minimum absolute atomic E-state index is 0.245. The first-order valence-corrected chi connectivity index (χ1v) is 9.12. The molecule has 0 spiro atoms. The summed E-state index contributed by atoms with van der Waals surface area (Å²) in [5, 5.41) is 2.90. The maximum Gasteiger partial charge on any atom is 0.304 e. The third-order valence-corrected chi connectivity index (χ3v) is 4.69. The molecule has 1 aliphatic heterocycles. The summed E-state index contributed by atoms with van der Waals surface area (Å²) in [4.78, 5) is 25.4. The van der Waals surface area contributed by atoms with E-state index in [1.54, 1.807) is 28.9 Å². The van der Waals surface area contributed by atoms with Crippen LogP contribution in [0.1, 0.15) is 27.5 Å². The first kappa shape index (κ1) is 17.7. The van der Waals surface area contributed by atoms with E-state index in [1.807, 2.05) is 72.9 Å². The van der Waals surface area contributed by atoms with Crippen LogP contribution in [0.4, 0.5) is 0 Å². The first-order chi connectivity index (χ1) is 13.7. The molecule has 1 saturated heterocycles. The number of hydrogen-bond donors (Lipinski definition) is 2. The van der Waals surface area contributed by atoms with Gasteiger partial charge in [0.25, 0.3) is 5.91 Å². The van der Waals surface area contributed by atoms with E-state index in [0.29, 0.717) is 5.56 Å². The van der Waals surface area contributed by atoms with Crippen LogP contribution in [0.25, 0.3) is 0 Å². The predicted octanol–water partition coefficient (Wildman–Crippen LogP) is 2.70. The third-order valence-electron chi connectivity index (χ3n) is 4.69. The van der Waals surface area contributed by atoms with Crippen molar-refractivity contribution in [1.29, 1.82) is 0 Å². The molecule has 0 aliphatic carbocycles. The Kier molecular flexibility index (Phi) is 4.97. The molecule has 138 valence electrons. The van der Waals surface area contributed by atoms with Crippen molar-refractivity contribution in [3.05, 3.63) is 108 Å². The molecule has 0 saturated carbocycles. The van der Waals surface area contributed by atoms with Gasteiger partial charge in [-0.15, -0.1) is 10.1 Å². The van der Waals surface area contributed by atoms with Gasteiger partial charge in [-0.25, -0.2) is 0 Å². The summed E-state index contributed by atoms with van der Waals surface area (Å²) in [6.45, 7) is 0. The van der Waals surface area contributed by atoms with Crippen molar-refractivity contribution < 1.29 is 14.3 Å². The molecule has 2 amide bonds. The second kappa shape index (κ2) is 7.88. The highest BCUT2D eigenvalue weighted by molar-refractivity contribution is 5.98. The number of hydrogen-bond acceptors (Lipinski definition) is 2. The van der Waals surface area contributed by atoms with E-state index in [-0.39, 0.29) is 17.9 Å². The van der Waals surface area contributed by atoms with Crippen LogP contribution in [-0.4, -0.2) is 28.8 Å². The molecular weight excluding hydrogens is 350 g/mol. The van der Waals surface area contributed by atoms with E-state index < -0.39 is 6.04 Å². The van der Waals surface area contributed by atoms with Crippen molar-refractivity contribution in [3.8, 4) is 0 Å². The van der Waals surface area contributed by atoms with Gasteiger partial charge in [-0.3, -0.25) is 9.59 Å². The van der Waals surface area contributed by atoms with Crippen LogP contribution >= 0.6 is 0 Å². The monoisotopic (exact) mass is 370 g/mol. The van der Waals surface area contributed by atoms with Crippen molar-refractivity contribution in [3.63, 3.8) is 0 Å². The zero-order chi connectivity index (χ0) is 19.3. The van der Waals surface area contributed by atoms with Crippen molar-refractivity contribution >= 4 is 18.0 Å². The molecule has 4 rings (SSSR count). The van der Waals surface area contributed by atoms with Crippen molar-refractivity contribution in [1.82, 2.24) is 10.7 Å². The van der Waals surface area contributed by atoms with Gasteiger partial charge in [0.05, 0.1) is 0 Å². The molecule has 3 aromatic carbocycles. The normalized spacial score (nSPS) is 20.0. The molecule has 1 heterocycles. The SMILES string of the molecule is O=C(N[C@H]1C(=O)N/[N+](=C/c2ccccc2)[C@@H]1c1ccccc1)c1ccccc1. The summed E-state index contributed by atoms with van der Waals surface area (Å²) in [6, 6.07) is 27.3. The van der Waals surface area contributed by atoms with Crippen LogP contribution in [0.5, 0.6) is 0 Å². The second-order valence-corrected chi connectivity index (χ2v) is 6.60. The number of benzene rings is 3. The molecule has 0 aromatic heterocycles. The largest absolute Gasteiger partial charge is 0.334 e. The van der Waals surface area contributed by atoms with Crippen LogP contribution in [-0.2, 0) is 4.79 Å². The van der Waals surface area contributed by atoms with Crippen molar-refractivity contribution in [2.45, 2.75) is 12.1 Å². The third kappa shape index (κ3) is 3.69. The molecule has 0 unspecified atom stereocenters. The second-order valence-electron chi connectivity index (χ2n) is 6.60. The fourth-order valence-electron chi connectivity index (χ4n) is 3.34. The standard InChI is InChI=1S/C23H19N3O2/c27-22(19-14-8-3-9-15-19)24-20-21(18-12-6-2-7-13-18)26(25-23(20)28)16-17-10-4-1-5-11-17/h1-16,20-21H,(H-,24,25,27,28)/p+1/b26-16+/t20-,21-/m1/s1. The Morgan fingerprint density at radius 1 is 0.857 bits per heavy atom. The molecular formula is C23H20N3O2+. The van der Waals surface area contributed by atoms with Gasteiger partial charge in [-0.1, -0.05) is 66.7 Å². The lowest BCUT2D eigenvalue weighted by molar-refractivity contribution is -0.596. The summed E-state index contributed by atoms with van der Waals surface area (Å²) < 4.78 is 1.77. The molecule has 2 atom stereocenters. The fourth-order valence-corrected chi connectivity index (χ4v) is 3.34. The summed E-state index contributed by atoms with van der Waals surface area (Å²) >= 11 is 0. The van der Waals surface area contributed by atoms with Gasteiger partial charge in [-0.05, 0) is 24.3 Å². The number of carbonyl (C=O) groups is 2. The number of hydrazine groups is 1. The van der Waals surface area contributed by atoms with Gasteiger partial charge in [-0.2, -0.15) is 0 Å². The first-order valence-electron chi connectivity index (χ1n) is 9.12. The number of rotatable bonds is 4. The lowest BCUT2D eigenvalue weighted by Gasteiger charge is -2.14. The number of nitrogens with one attached hydrogen (secondary N) is 2. The molecule has 0 bridgehead atoms. The summed E-state index contributed by atoms with van der Waals surface area (Å²) in [6.07, 6.45) is 1.88. The Bertz CT molecular complexity index is 1000. The number of carbonyl (C=O) groups excluding carboxylic acids is 2. The summed E-state index contributed by atoms with van der Waals surface area (Å²) in [5.74, 6) is -0.520. The lowest BCUT2D eigenvalue weighted by atomic mass is 10.00. The summed E-state index contributed by atoms with van der Waals surface area (Å²) in [5.41, 5.74) is 5.30. The molecule has 1 fully saturated rings. The van der Waals surface area contributed by atoms with E-state index in [9.17, 15) is 9.59 Å². The molecule has 5 heteroatoms. The van der Waals surface area contributed by atoms with Gasteiger partial charge in [0.2, 0.25) is 12.3 Å². The maximum atomic E-state index is 12.7. The highest BCUT2D eigenvalue weighted by Crippen LogP contribution is 2.25. The van der Waals surface area contributed by atoms with E-state index >= 15 is 0 Å². The predicted molar refractivity (Wildman–Crippen MR) is 107 cm³/mol. The number of nitrogens with zero attached hydrogens (tertiary/aromatic N) is 1. The lowest BCUT2D eigenvalue weighted by Crippen LogP contribution is -2.42. The van der Waals surface area contributed by atoms with Crippen LogP contribution in [0.15, 0.2) is 91.0 Å². The molecule has 0 radical (unpaired) electrons. The zero-order valence-electron chi connectivity index (χ0n) is 15.2. The van der Waals surface area contributed by atoms with E-state index in [0.717, 1.165) is 11.1 Å². The number of hydrazone groups is 1. The Labute approximate surface area is 163 Å². The maximum absolute atomic E-state index is 12.7. The van der Waals surface area contributed by atoms with Crippen LogP contribution in [0.2, 0.25) is 0 Å². The Morgan fingerprint density at radius 2 is 1.43 bits per heavy atom. The molecule has 1 aliphatic rings. The minimum atomic E-state index is -0.713. The van der Waals surface area contributed by atoms with Crippen molar-refractivity contribution in [2.75, 3.05) is 0 Å². The van der Waals surface area contributed by atoms with Gasteiger partial charge < -0.3 is 5.32 Å². The van der Waals surface area contributed by atoms with Gasteiger partial charge >= 0.3 is 5.91 Å². The van der Waals surface area contributed by atoms with E-state index in [4.69, 9.17) is 0 Å². The molecule has 5 nitrogen and oxygen atoms in total. The van der Waals surface area contributed by atoms with Gasteiger partial charge in [0.15, 0.2) is 6.04 Å². The smallest absolute Gasteiger partial charge is 0.304 e. The van der Waals surface area contributed by atoms with E-state index in [2.05, 4.69) is 10.7 Å². The Morgan fingerprint density at radius 3 is 2.07 bits per heavy atom. The average molecular weight is 370 g/mol. The van der Waals surface area contributed by atoms with Crippen LogP contribution in [0.3, 0.4) is 0 Å². The van der Waals surface area contributed by atoms with Gasteiger partial charge in [0, 0.05) is 16.7 Å². The molecule has 3 aromatic rings. The van der Waals surface area contributed by atoms with Crippen LogP contribution < -0.4 is 10.7 Å². The zero-order valence-corrected chi connectivity index (χ0v) is 15.2. The van der Waals surface area contributed by atoms with Gasteiger partial charge in [0.1, 0.15) is 0 Å². The highest BCUT2D eigenvalue weighted by Gasteiger charge is 2.47. The van der Waals surface area contributed by atoms with E-state index in [1.165, 1.54) is 0 Å². The molecule has 2 N–H and O–H groups in total. The number of amides is 2. The fraction of sp³-hybridized carbons (Fsp3) is 0.0870. The van der Waals surface area contributed by atoms with Crippen molar-refractivity contribution in [2.24, 2.45) is 0 Å². The van der Waals surface area contributed by atoms with Crippen LogP contribution in [0, 0.1) is 0 Å². The topological polar surface area (TPSA) is 61.2 Å². The average Bonchev–Trinajstić information content (AvgIpc) is 3.04. The highest BCUT2D eigenvalue weighted by atomic mass is 16.2. The summed E-state index contributed by atoms with van der Waals surface area (Å²) in [7, 11) is 0. The molecule has 28 heavy (non-hydrogen) atoms. The Hall–Kier alpha value is -3.73. The quantitative estimate of drug-likeness (QED) is 0.694. The minimum Gasteiger partial charge on any atom is -0.334 e.